The Hall–Kier alpha value is -1.63. The van der Waals surface area contributed by atoms with Gasteiger partial charge in [0.05, 0.1) is 28.1 Å². The lowest BCUT2D eigenvalue weighted by Crippen LogP contribution is -2.31. The molecule has 21 heavy (non-hydrogen) atoms. The van der Waals surface area contributed by atoms with Crippen LogP contribution in [0.1, 0.15) is 24.0 Å². The highest BCUT2D eigenvalue weighted by molar-refractivity contribution is 9.10. The van der Waals surface area contributed by atoms with Gasteiger partial charge in [-0.3, -0.25) is 14.2 Å². The molecule has 114 valence electrons. The first-order valence-electron chi connectivity index (χ1n) is 6.88. The molecule has 2 rings (SSSR count). The second-order valence-corrected chi connectivity index (χ2v) is 5.82. The number of hydrogen-bond acceptors (Lipinski definition) is 3. The molecule has 2 heterocycles. The third-order valence-corrected chi connectivity index (χ3v) is 4.65. The topological polar surface area (TPSA) is 56.0 Å². The number of aromatic nitrogens is 4. The van der Waals surface area contributed by atoms with Gasteiger partial charge in [0.1, 0.15) is 6.54 Å². The van der Waals surface area contributed by atoms with Gasteiger partial charge in [0.15, 0.2) is 0 Å². The zero-order valence-electron chi connectivity index (χ0n) is 12.8. The van der Waals surface area contributed by atoms with E-state index in [1.165, 1.54) is 0 Å². The Morgan fingerprint density at radius 1 is 1.38 bits per heavy atom. The average molecular weight is 354 g/mol. The Labute approximate surface area is 132 Å². The molecule has 0 bridgehead atoms. The normalized spacial score (nSPS) is 10.9. The molecular weight excluding hydrogens is 334 g/mol. The second kappa shape index (κ2) is 6.43. The van der Waals surface area contributed by atoms with Crippen molar-refractivity contribution in [2.75, 3.05) is 7.05 Å². The quantitative estimate of drug-likeness (QED) is 0.827. The first kappa shape index (κ1) is 15.8. The summed E-state index contributed by atoms with van der Waals surface area (Å²) in [6.45, 7) is 7.49. The first-order valence-corrected chi connectivity index (χ1v) is 7.67. The van der Waals surface area contributed by atoms with Crippen molar-refractivity contribution in [3.8, 4) is 0 Å². The van der Waals surface area contributed by atoms with E-state index in [1.54, 1.807) is 22.8 Å². The van der Waals surface area contributed by atoms with Crippen LogP contribution in [-0.2, 0) is 24.4 Å². The molecule has 0 fully saturated rings. The fraction of sp³-hybridized carbons (Fsp3) is 0.500. The molecule has 7 heteroatoms. The Morgan fingerprint density at radius 2 is 2.10 bits per heavy atom. The van der Waals surface area contributed by atoms with E-state index in [0.29, 0.717) is 6.54 Å². The van der Waals surface area contributed by atoms with Crippen LogP contribution in [0.3, 0.4) is 0 Å². The standard InChI is InChI=1S/C14H20BrN5O/c1-5-19-12(6-7-16-19)8-18(4)13(21)9-20-11(3)14(15)10(2)17-20/h6-7H,5,8-9H2,1-4H3. The van der Waals surface area contributed by atoms with Gasteiger partial charge in [0, 0.05) is 19.8 Å². The first-order chi connectivity index (χ1) is 9.93. The largest absolute Gasteiger partial charge is 0.338 e. The molecule has 0 aliphatic rings. The van der Waals surface area contributed by atoms with Crippen molar-refractivity contribution in [3.63, 3.8) is 0 Å². The SMILES string of the molecule is CCn1nccc1CN(C)C(=O)Cn1nc(C)c(Br)c1C. The smallest absolute Gasteiger partial charge is 0.244 e. The molecule has 0 aliphatic heterocycles. The number of rotatable bonds is 5. The molecule has 0 saturated carbocycles. The van der Waals surface area contributed by atoms with E-state index in [9.17, 15) is 4.79 Å². The van der Waals surface area contributed by atoms with Gasteiger partial charge in [-0.2, -0.15) is 10.2 Å². The molecule has 0 aromatic carbocycles. The molecule has 0 radical (unpaired) electrons. The molecule has 0 aliphatic carbocycles. The minimum absolute atomic E-state index is 0.0250. The maximum atomic E-state index is 12.3. The fourth-order valence-electron chi connectivity index (χ4n) is 2.19. The highest BCUT2D eigenvalue weighted by Crippen LogP contribution is 2.19. The minimum Gasteiger partial charge on any atom is -0.338 e. The van der Waals surface area contributed by atoms with Crippen LogP contribution in [0.5, 0.6) is 0 Å². The van der Waals surface area contributed by atoms with Crippen molar-refractivity contribution in [3.05, 3.63) is 33.8 Å². The summed E-state index contributed by atoms with van der Waals surface area (Å²) in [4.78, 5) is 14.0. The Kier molecular flexibility index (Phi) is 4.82. The van der Waals surface area contributed by atoms with Crippen molar-refractivity contribution < 1.29 is 4.79 Å². The number of aryl methyl sites for hydroxylation is 2. The van der Waals surface area contributed by atoms with E-state index in [1.807, 2.05) is 31.5 Å². The number of likely N-dealkylation sites (N-methyl/N-ethyl adjacent to an activating group) is 1. The molecule has 0 saturated heterocycles. The van der Waals surface area contributed by atoms with Gasteiger partial charge < -0.3 is 4.90 Å². The van der Waals surface area contributed by atoms with Gasteiger partial charge in [-0.05, 0) is 42.8 Å². The van der Waals surface area contributed by atoms with Gasteiger partial charge in [-0.15, -0.1) is 0 Å². The van der Waals surface area contributed by atoms with E-state index in [0.717, 1.165) is 28.1 Å². The fourth-order valence-corrected chi connectivity index (χ4v) is 2.47. The Balaban J connectivity index is 2.04. The highest BCUT2D eigenvalue weighted by Gasteiger charge is 2.16. The number of hydrogen-bond donors (Lipinski definition) is 0. The zero-order valence-corrected chi connectivity index (χ0v) is 14.4. The summed E-state index contributed by atoms with van der Waals surface area (Å²) in [5.41, 5.74) is 2.89. The van der Waals surface area contributed by atoms with E-state index in [-0.39, 0.29) is 12.5 Å². The predicted octanol–water partition coefficient (Wildman–Crippen LogP) is 2.14. The van der Waals surface area contributed by atoms with Gasteiger partial charge in [-0.1, -0.05) is 0 Å². The predicted molar refractivity (Wildman–Crippen MR) is 83.8 cm³/mol. The number of amides is 1. The molecular formula is C14H20BrN5O. The number of carbonyl (C=O) groups excluding carboxylic acids is 1. The number of halogens is 1. The van der Waals surface area contributed by atoms with Crippen molar-refractivity contribution in [1.82, 2.24) is 24.5 Å². The molecule has 0 N–H and O–H groups in total. The van der Waals surface area contributed by atoms with E-state index in [2.05, 4.69) is 26.1 Å². The monoisotopic (exact) mass is 353 g/mol. The van der Waals surface area contributed by atoms with Crippen LogP contribution in [-0.4, -0.2) is 37.4 Å². The van der Waals surface area contributed by atoms with Crippen LogP contribution in [0.4, 0.5) is 0 Å². The molecule has 2 aromatic heterocycles. The van der Waals surface area contributed by atoms with E-state index in [4.69, 9.17) is 0 Å². The summed E-state index contributed by atoms with van der Waals surface area (Å²) in [6.07, 6.45) is 1.76. The lowest BCUT2D eigenvalue weighted by Gasteiger charge is -2.18. The van der Waals surface area contributed by atoms with Crippen molar-refractivity contribution in [2.45, 2.75) is 40.4 Å². The Bertz CT molecular complexity index is 646. The Morgan fingerprint density at radius 3 is 2.67 bits per heavy atom. The average Bonchev–Trinajstić information content (AvgIpc) is 2.99. The number of nitrogens with zero attached hydrogens (tertiary/aromatic N) is 5. The second-order valence-electron chi connectivity index (χ2n) is 5.03. The van der Waals surface area contributed by atoms with Crippen molar-refractivity contribution in [1.29, 1.82) is 0 Å². The van der Waals surface area contributed by atoms with Gasteiger partial charge in [0.2, 0.25) is 5.91 Å². The van der Waals surface area contributed by atoms with Crippen molar-refractivity contribution in [2.24, 2.45) is 0 Å². The third-order valence-electron chi connectivity index (χ3n) is 3.51. The molecule has 1 amide bonds. The summed E-state index contributed by atoms with van der Waals surface area (Å²) < 4.78 is 4.58. The molecule has 0 spiro atoms. The molecule has 0 atom stereocenters. The summed E-state index contributed by atoms with van der Waals surface area (Å²) in [5.74, 6) is 0.0250. The van der Waals surface area contributed by atoms with Gasteiger partial charge in [0.25, 0.3) is 0 Å². The third kappa shape index (κ3) is 3.34. The van der Waals surface area contributed by atoms with Crippen LogP contribution in [0.25, 0.3) is 0 Å². The zero-order chi connectivity index (χ0) is 15.6. The van der Waals surface area contributed by atoms with Crippen LogP contribution >= 0.6 is 15.9 Å². The minimum atomic E-state index is 0.0250. The maximum Gasteiger partial charge on any atom is 0.244 e. The van der Waals surface area contributed by atoms with Gasteiger partial charge >= 0.3 is 0 Å². The number of carbonyl (C=O) groups is 1. The summed E-state index contributed by atoms with van der Waals surface area (Å²) in [5, 5.41) is 8.58. The van der Waals surface area contributed by atoms with E-state index < -0.39 is 0 Å². The molecule has 6 nitrogen and oxygen atoms in total. The lowest BCUT2D eigenvalue weighted by atomic mass is 10.3. The van der Waals surface area contributed by atoms with Crippen LogP contribution in [0.15, 0.2) is 16.7 Å². The summed E-state index contributed by atoms with van der Waals surface area (Å²) in [7, 11) is 1.80. The van der Waals surface area contributed by atoms with Crippen LogP contribution in [0.2, 0.25) is 0 Å². The van der Waals surface area contributed by atoms with Gasteiger partial charge in [-0.25, -0.2) is 0 Å². The van der Waals surface area contributed by atoms with E-state index >= 15 is 0 Å². The van der Waals surface area contributed by atoms with Crippen LogP contribution in [0, 0.1) is 13.8 Å². The molecule has 2 aromatic rings. The lowest BCUT2D eigenvalue weighted by molar-refractivity contribution is -0.131. The summed E-state index contributed by atoms with van der Waals surface area (Å²) in [6, 6.07) is 1.94. The van der Waals surface area contributed by atoms with Crippen molar-refractivity contribution >= 4 is 21.8 Å². The molecule has 0 unspecified atom stereocenters. The maximum absolute atomic E-state index is 12.3. The highest BCUT2D eigenvalue weighted by atomic mass is 79.9. The van der Waals surface area contributed by atoms with Crippen LogP contribution < -0.4 is 0 Å². The summed E-state index contributed by atoms with van der Waals surface area (Å²) >= 11 is 3.47.